The number of aliphatic hydroxyl groups is 1. The number of nitrogens with one attached hydrogen (secondary N) is 1. The largest absolute Gasteiger partial charge is 0.392 e. The molecule has 6 heteroatoms. The highest BCUT2D eigenvalue weighted by Gasteiger charge is 2.24. The van der Waals surface area contributed by atoms with Gasteiger partial charge in [-0.15, -0.1) is 0 Å². The molecule has 1 atom stereocenters. The Bertz CT molecular complexity index is 646. The number of aliphatic hydroxyl groups excluding tert-OH is 1. The van der Waals surface area contributed by atoms with Gasteiger partial charge in [-0.05, 0) is 18.6 Å². The van der Waals surface area contributed by atoms with E-state index in [9.17, 15) is 9.90 Å². The molecule has 2 aromatic rings. The lowest BCUT2D eigenvalue weighted by molar-refractivity contribution is 0.0525. The van der Waals surface area contributed by atoms with Gasteiger partial charge in [-0.3, -0.25) is 14.8 Å². The van der Waals surface area contributed by atoms with E-state index < -0.39 is 0 Å². The Labute approximate surface area is 129 Å². The van der Waals surface area contributed by atoms with Crippen LogP contribution in [0.5, 0.6) is 0 Å². The SMILES string of the molecule is CC[C@H](O)CN1CCN(C(=O)c2cccc3[nH]ncc23)CC1. The van der Waals surface area contributed by atoms with E-state index >= 15 is 0 Å². The zero-order valence-electron chi connectivity index (χ0n) is 12.8. The number of nitrogens with zero attached hydrogens (tertiary/aromatic N) is 3. The van der Waals surface area contributed by atoms with E-state index in [2.05, 4.69) is 15.1 Å². The molecule has 3 rings (SSSR count). The fraction of sp³-hybridized carbons (Fsp3) is 0.500. The zero-order valence-corrected chi connectivity index (χ0v) is 12.8. The monoisotopic (exact) mass is 302 g/mol. The molecule has 1 aliphatic heterocycles. The summed E-state index contributed by atoms with van der Waals surface area (Å²) < 4.78 is 0. The zero-order chi connectivity index (χ0) is 15.5. The van der Waals surface area contributed by atoms with Gasteiger partial charge in [0.1, 0.15) is 0 Å². The van der Waals surface area contributed by atoms with E-state index in [4.69, 9.17) is 0 Å². The minimum absolute atomic E-state index is 0.0580. The molecule has 0 saturated carbocycles. The average molecular weight is 302 g/mol. The molecule has 0 unspecified atom stereocenters. The number of rotatable bonds is 4. The maximum absolute atomic E-state index is 12.7. The molecular formula is C16H22N4O2. The maximum atomic E-state index is 12.7. The first-order chi connectivity index (χ1) is 10.7. The van der Waals surface area contributed by atoms with Crippen molar-refractivity contribution in [1.29, 1.82) is 0 Å². The van der Waals surface area contributed by atoms with Crippen molar-refractivity contribution < 1.29 is 9.90 Å². The smallest absolute Gasteiger partial charge is 0.254 e. The number of aromatic nitrogens is 2. The number of benzene rings is 1. The van der Waals surface area contributed by atoms with Crippen LogP contribution in [0.3, 0.4) is 0 Å². The molecule has 1 fully saturated rings. The summed E-state index contributed by atoms with van der Waals surface area (Å²) in [4.78, 5) is 16.8. The number of hydrogen-bond acceptors (Lipinski definition) is 4. The van der Waals surface area contributed by atoms with Crippen molar-refractivity contribution >= 4 is 16.8 Å². The number of amides is 1. The lowest BCUT2D eigenvalue weighted by Crippen LogP contribution is -2.50. The van der Waals surface area contributed by atoms with Crippen molar-refractivity contribution in [1.82, 2.24) is 20.0 Å². The second-order valence-electron chi connectivity index (χ2n) is 5.79. The van der Waals surface area contributed by atoms with Crippen LogP contribution in [0.2, 0.25) is 0 Å². The van der Waals surface area contributed by atoms with Crippen LogP contribution < -0.4 is 0 Å². The van der Waals surface area contributed by atoms with E-state index in [0.29, 0.717) is 25.2 Å². The van der Waals surface area contributed by atoms with Crippen molar-refractivity contribution in [3.05, 3.63) is 30.0 Å². The summed E-state index contributed by atoms with van der Waals surface area (Å²) in [5.74, 6) is 0.0580. The first-order valence-electron chi connectivity index (χ1n) is 7.81. The lowest BCUT2D eigenvalue weighted by atomic mass is 10.1. The van der Waals surface area contributed by atoms with Gasteiger partial charge in [0, 0.05) is 38.1 Å². The number of piperazine rings is 1. The molecule has 1 saturated heterocycles. The van der Waals surface area contributed by atoms with Gasteiger partial charge in [-0.1, -0.05) is 13.0 Å². The highest BCUT2D eigenvalue weighted by Crippen LogP contribution is 2.18. The molecule has 118 valence electrons. The van der Waals surface area contributed by atoms with Crippen molar-refractivity contribution in [3.63, 3.8) is 0 Å². The Hall–Kier alpha value is -1.92. The van der Waals surface area contributed by atoms with E-state index in [1.807, 2.05) is 30.0 Å². The Morgan fingerprint density at radius 3 is 2.86 bits per heavy atom. The Kier molecular flexibility index (Phi) is 4.40. The topological polar surface area (TPSA) is 72.5 Å². The maximum Gasteiger partial charge on any atom is 0.254 e. The molecule has 2 N–H and O–H groups in total. The third kappa shape index (κ3) is 2.98. The summed E-state index contributed by atoms with van der Waals surface area (Å²) in [6.07, 6.45) is 2.19. The molecule has 2 heterocycles. The first kappa shape index (κ1) is 15.0. The molecule has 0 bridgehead atoms. The van der Waals surface area contributed by atoms with E-state index in [-0.39, 0.29) is 12.0 Å². The van der Waals surface area contributed by atoms with Crippen LogP contribution in [-0.2, 0) is 0 Å². The standard InChI is InChI=1S/C16H22N4O2/c1-2-12(21)11-19-6-8-20(9-7-19)16(22)13-4-3-5-15-14(13)10-17-18-15/h3-5,10,12,21H,2,6-9,11H2,1H3,(H,17,18)/t12-/m0/s1. The molecule has 1 aromatic heterocycles. The molecule has 1 amide bonds. The Morgan fingerprint density at radius 2 is 2.14 bits per heavy atom. The van der Waals surface area contributed by atoms with Crippen LogP contribution in [0.4, 0.5) is 0 Å². The lowest BCUT2D eigenvalue weighted by Gasteiger charge is -2.35. The third-order valence-electron chi connectivity index (χ3n) is 4.31. The minimum Gasteiger partial charge on any atom is -0.392 e. The number of H-pyrrole nitrogens is 1. The van der Waals surface area contributed by atoms with Crippen molar-refractivity contribution in [2.75, 3.05) is 32.7 Å². The third-order valence-corrected chi connectivity index (χ3v) is 4.31. The van der Waals surface area contributed by atoms with Crippen molar-refractivity contribution in [2.24, 2.45) is 0 Å². The summed E-state index contributed by atoms with van der Waals surface area (Å²) in [5.41, 5.74) is 1.59. The second-order valence-corrected chi connectivity index (χ2v) is 5.79. The van der Waals surface area contributed by atoms with Crippen molar-refractivity contribution in [3.8, 4) is 0 Å². The molecule has 1 aromatic carbocycles. The fourth-order valence-corrected chi connectivity index (χ4v) is 2.89. The number of β-amino-alcohol motifs (C(OH)–C–C–N with tert-alkyl or cyclic N) is 1. The quantitative estimate of drug-likeness (QED) is 0.887. The van der Waals surface area contributed by atoms with Gasteiger partial charge in [-0.2, -0.15) is 5.10 Å². The summed E-state index contributed by atoms with van der Waals surface area (Å²) in [5, 5.41) is 17.5. The number of fused-ring (bicyclic) bond motifs is 1. The molecule has 0 aliphatic carbocycles. The van der Waals surface area contributed by atoms with Crippen LogP contribution in [0, 0.1) is 0 Å². The summed E-state index contributed by atoms with van der Waals surface area (Å²) in [6.45, 7) is 5.69. The van der Waals surface area contributed by atoms with Crippen LogP contribution in [0.25, 0.3) is 10.9 Å². The number of carbonyl (C=O) groups is 1. The normalized spacial score (nSPS) is 17.8. The summed E-state index contributed by atoms with van der Waals surface area (Å²) >= 11 is 0. The Morgan fingerprint density at radius 1 is 1.36 bits per heavy atom. The van der Waals surface area contributed by atoms with Crippen LogP contribution >= 0.6 is 0 Å². The average Bonchev–Trinajstić information content (AvgIpc) is 3.03. The molecular weight excluding hydrogens is 280 g/mol. The number of aromatic amines is 1. The van der Waals surface area contributed by atoms with E-state index in [1.165, 1.54) is 0 Å². The molecule has 1 aliphatic rings. The van der Waals surface area contributed by atoms with Gasteiger partial charge in [0.25, 0.3) is 5.91 Å². The first-order valence-corrected chi connectivity index (χ1v) is 7.81. The van der Waals surface area contributed by atoms with Gasteiger partial charge in [-0.25, -0.2) is 0 Å². The molecule has 0 spiro atoms. The fourth-order valence-electron chi connectivity index (χ4n) is 2.89. The number of carbonyl (C=O) groups excluding carboxylic acids is 1. The van der Waals surface area contributed by atoms with Gasteiger partial charge in [0.05, 0.1) is 23.4 Å². The summed E-state index contributed by atoms with van der Waals surface area (Å²) in [6, 6.07) is 5.65. The predicted molar refractivity (Wildman–Crippen MR) is 84.7 cm³/mol. The van der Waals surface area contributed by atoms with Gasteiger partial charge in [0.15, 0.2) is 0 Å². The van der Waals surface area contributed by atoms with E-state index in [0.717, 1.165) is 30.4 Å². The second kappa shape index (κ2) is 6.46. The molecule has 22 heavy (non-hydrogen) atoms. The van der Waals surface area contributed by atoms with Crippen LogP contribution in [0.1, 0.15) is 23.7 Å². The molecule has 0 radical (unpaired) electrons. The highest BCUT2D eigenvalue weighted by molar-refractivity contribution is 6.06. The van der Waals surface area contributed by atoms with Gasteiger partial charge in [0.2, 0.25) is 0 Å². The molecule has 6 nitrogen and oxygen atoms in total. The van der Waals surface area contributed by atoms with Crippen LogP contribution in [0.15, 0.2) is 24.4 Å². The number of hydrogen-bond donors (Lipinski definition) is 2. The van der Waals surface area contributed by atoms with Gasteiger partial charge < -0.3 is 10.0 Å². The van der Waals surface area contributed by atoms with Crippen molar-refractivity contribution in [2.45, 2.75) is 19.4 Å². The van der Waals surface area contributed by atoms with Crippen LogP contribution in [-0.4, -0.2) is 69.8 Å². The summed E-state index contributed by atoms with van der Waals surface area (Å²) in [7, 11) is 0. The Balaban J connectivity index is 1.66. The minimum atomic E-state index is -0.276. The predicted octanol–water partition coefficient (Wildman–Crippen LogP) is 1.09. The van der Waals surface area contributed by atoms with Gasteiger partial charge >= 0.3 is 0 Å². The highest BCUT2D eigenvalue weighted by atomic mass is 16.3. The van der Waals surface area contributed by atoms with E-state index in [1.54, 1.807) is 6.20 Å².